The Morgan fingerprint density at radius 2 is 1.50 bits per heavy atom. The van der Waals surface area contributed by atoms with E-state index in [9.17, 15) is 14.7 Å². The molecule has 1 N–H and O–H groups in total. The van der Waals surface area contributed by atoms with Gasteiger partial charge < -0.3 is 19.3 Å². The van der Waals surface area contributed by atoms with Crippen LogP contribution in [0.1, 0.15) is 27.6 Å². The molecule has 4 atom stereocenters. The molecular formula is C20H20O6. The highest BCUT2D eigenvalue weighted by molar-refractivity contribution is 5.90. The van der Waals surface area contributed by atoms with Gasteiger partial charge in [-0.25, -0.2) is 9.59 Å². The molecule has 1 aliphatic heterocycles. The van der Waals surface area contributed by atoms with Gasteiger partial charge in [-0.3, -0.25) is 0 Å². The van der Waals surface area contributed by atoms with E-state index >= 15 is 0 Å². The fourth-order valence-corrected chi connectivity index (χ4v) is 2.78. The Labute approximate surface area is 151 Å². The monoisotopic (exact) mass is 356 g/mol. The van der Waals surface area contributed by atoms with E-state index in [1.165, 1.54) is 0 Å². The third kappa shape index (κ3) is 4.09. The van der Waals surface area contributed by atoms with E-state index in [1.807, 2.05) is 0 Å². The van der Waals surface area contributed by atoms with Crippen molar-refractivity contribution in [2.75, 3.05) is 6.61 Å². The van der Waals surface area contributed by atoms with Crippen LogP contribution in [0.5, 0.6) is 0 Å². The van der Waals surface area contributed by atoms with E-state index in [4.69, 9.17) is 14.2 Å². The Morgan fingerprint density at radius 1 is 0.962 bits per heavy atom. The lowest BCUT2D eigenvalue weighted by Gasteiger charge is -2.20. The second kappa shape index (κ2) is 8.12. The lowest BCUT2D eigenvalue weighted by Crippen LogP contribution is -2.38. The number of hydrogen-bond acceptors (Lipinski definition) is 6. The molecule has 2 aromatic rings. The molecule has 0 bridgehead atoms. The summed E-state index contributed by atoms with van der Waals surface area (Å²) in [4.78, 5) is 24.3. The molecule has 0 spiro atoms. The van der Waals surface area contributed by atoms with E-state index in [1.54, 1.807) is 67.6 Å². The second-order valence-electron chi connectivity index (χ2n) is 6.07. The van der Waals surface area contributed by atoms with Crippen molar-refractivity contribution in [2.45, 2.75) is 31.3 Å². The summed E-state index contributed by atoms with van der Waals surface area (Å²) >= 11 is 0. The Kier molecular flexibility index (Phi) is 5.65. The maximum Gasteiger partial charge on any atom is 0.338 e. The van der Waals surface area contributed by atoms with Crippen molar-refractivity contribution in [1.82, 2.24) is 0 Å². The van der Waals surface area contributed by atoms with E-state index in [-0.39, 0.29) is 6.61 Å². The SMILES string of the molecule is C[C@@H]1O[C@@H](COC(=O)c2ccccc2)[C@H](OC(=O)c2ccccc2)[C@@H]1O. The zero-order chi connectivity index (χ0) is 18.5. The Hall–Kier alpha value is -2.70. The average molecular weight is 356 g/mol. The normalized spacial score (nSPS) is 24.8. The summed E-state index contributed by atoms with van der Waals surface area (Å²) in [6, 6.07) is 17.0. The average Bonchev–Trinajstić information content (AvgIpc) is 2.95. The first kappa shape index (κ1) is 18.1. The summed E-state index contributed by atoms with van der Waals surface area (Å²) in [5.74, 6) is -1.07. The van der Waals surface area contributed by atoms with Gasteiger partial charge in [0, 0.05) is 0 Å². The molecule has 2 aromatic carbocycles. The highest BCUT2D eigenvalue weighted by Crippen LogP contribution is 2.25. The van der Waals surface area contributed by atoms with Gasteiger partial charge in [0.15, 0.2) is 6.10 Å². The number of carbonyl (C=O) groups is 2. The quantitative estimate of drug-likeness (QED) is 0.827. The molecule has 0 radical (unpaired) electrons. The first-order valence-electron chi connectivity index (χ1n) is 8.38. The molecule has 1 saturated heterocycles. The summed E-state index contributed by atoms with van der Waals surface area (Å²) in [7, 11) is 0. The topological polar surface area (TPSA) is 82.1 Å². The summed E-state index contributed by atoms with van der Waals surface area (Å²) in [5.41, 5.74) is 0.788. The minimum Gasteiger partial charge on any atom is -0.459 e. The van der Waals surface area contributed by atoms with Crippen molar-refractivity contribution in [1.29, 1.82) is 0 Å². The first-order chi connectivity index (χ1) is 12.6. The van der Waals surface area contributed by atoms with Crippen molar-refractivity contribution in [3.05, 3.63) is 71.8 Å². The predicted octanol–water partition coefficient (Wildman–Crippen LogP) is 2.22. The molecule has 136 valence electrons. The molecule has 6 heteroatoms. The third-order valence-corrected chi connectivity index (χ3v) is 4.21. The Bertz CT molecular complexity index is 745. The van der Waals surface area contributed by atoms with Crippen LogP contribution in [0, 0.1) is 0 Å². The van der Waals surface area contributed by atoms with Crippen LogP contribution in [0.3, 0.4) is 0 Å². The largest absolute Gasteiger partial charge is 0.459 e. The number of rotatable bonds is 5. The standard InChI is InChI=1S/C20H20O6/c1-13-17(21)18(26-20(23)15-10-6-3-7-11-15)16(25-13)12-24-19(22)14-8-4-2-5-9-14/h2-11,13,16-18,21H,12H2,1H3/t13-,16-,17+,18-/m0/s1. The molecule has 3 rings (SSSR count). The van der Waals surface area contributed by atoms with Gasteiger partial charge in [0.1, 0.15) is 18.8 Å². The molecule has 0 saturated carbocycles. The highest BCUT2D eigenvalue weighted by atomic mass is 16.6. The zero-order valence-corrected chi connectivity index (χ0v) is 14.3. The third-order valence-electron chi connectivity index (χ3n) is 4.21. The first-order valence-corrected chi connectivity index (χ1v) is 8.38. The molecule has 0 unspecified atom stereocenters. The van der Waals surface area contributed by atoms with Crippen LogP contribution in [-0.4, -0.2) is 48.1 Å². The molecule has 1 fully saturated rings. The van der Waals surface area contributed by atoms with Gasteiger partial charge in [0.25, 0.3) is 0 Å². The van der Waals surface area contributed by atoms with Crippen LogP contribution in [0.2, 0.25) is 0 Å². The number of benzene rings is 2. The van der Waals surface area contributed by atoms with Gasteiger partial charge in [-0.05, 0) is 31.2 Å². The van der Waals surface area contributed by atoms with Crippen molar-refractivity contribution in [3.8, 4) is 0 Å². The van der Waals surface area contributed by atoms with Crippen LogP contribution in [0.15, 0.2) is 60.7 Å². The molecule has 26 heavy (non-hydrogen) atoms. The van der Waals surface area contributed by atoms with Crippen LogP contribution in [-0.2, 0) is 14.2 Å². The maximum absolute atomic E-state index is 12.3. The molecule has 0 amide bonds. The van der Waals surface area contributed by atoms with Crippen LogP contribution < -0.4 is 0 Å². The molecular weight excluding hydrogens is 336 g/mol. The van der Waals surface area contributed by atoms with E-state index in [0.717, 1.165) is 0 Å². The Balaban J connectivity index is 1.63. The van der Waals surface area contributed by atoms with Gasteiger partial charge in [-0.2, -0.15) is 0 Å². The number of esters is 2. The van der Waals surface area contributed by atoms with Crippen LogP contribution >= 0.6 is 0 Å². The van der Waals surface area contributed by atoms with Gasteiger partial charge >= 0.3 is 11.9 Å². The highest BCUT2D eigenvalue weighted by Gasteiger charge is 2.44. The van der Waals surface area contributed by atoms with Gasteiger partial charge in [0.2, 0.25) is 0 Å². The Morgan fingerprint density at radius 3 is 2.08 bits per heavy atom. The molecule has 0 aromatic heterocycles. The van der Waals surface area contributed by atoms with E-state index < -0.39 is 36.4 Å². The minimum atomic E-state index is -0.997. The van der Waals surface area contributed by atoms with E-state index in [2.05, 4.69) is 0 Å². The van der Waals surface area contributed by atoms with Crippen molar-refractivity contribution in [2.24, 2.45) is 0 Å². The van der Waals surface area contributed by atoms with Crippen LogP contribution in [0.25, 0.3) is 0 Å². The number of ether oxygens (including phenoxy) is 3. The zero-order valence-electron chi connectivity index (χ0n) is 14.3. The smallest absolute Gasteiger partial charge is 0.338 e. The predicted molar refractivity (Wildman–Crippen MR) is 92.7 cm³/mol. The minimum absolute atomic E-state index is 0.123. The summed E-state index contributed by atoms with van der Waals surface area (Å²) in [6.45, 7) is 1.55. The van der Waals surface area contributed by atoms with Crippen LogP contribution in [0.4, 0.5) is 0 Å². The molecule has 0 aliphatic carbocycles. The fourth-order valence-electron chi connectivity index (χ4n) is 2.78. The summed E-state index contributed by atoms with van der Waals surface area (Å²) in [6.07, 6.45) is -3.19. The molecule has 6 nitrogen and oxygen atoms in total. The van der Waals surface area contributed by atoms with Crippen molar-refractivity contribution < 1.29 is 28.9 Å². The fraction of sp³-hybridized carbons (Fsp3) is 0.300. The summed E-state index contributed by atoms with van der Waals surface area (Å²) in [5, 5.41) is 10.3. The van der Waals surface area contributed by atoms with Gasteiger partial charge in [0.05, 0.1) is 17.2 Å². The van der Waals surface area contributed by atoms with Gasteiger partial charge in [-0.15, -0.1) is 0 Å². The number of hydrogen-bond donors (Lipinski definition) is 1. The lowest BCUT2D eigenvalue weighted by molar-refractivity contribution is -0.0418. The maximum atomic E-state index is 12.3. The molecule has 1 heterocycles. The number of carbonyl (C=O) groups excluding carboxylic acids is 2. The van der Waals surface area contributed by atoms with Gasteiger partial charge in [-0.1, -0.05) is 36.4 Å². The van der Waals surface area contributed by atoms with E-state index in [0.29, 0.717) is 11.1 Å². The summed E-state index contributed by atoms with van der Waals surface area (Å²) < 4.78 is 16.3. The van der Waals surface area contributed by atoms with Crippen molar-refractivity contribution >= 4 is 11.9 Å². The second-order valence-corrected chi connectivity index (χ2v) is 6.07. The lowest BCUT2D eigenvalue weighted by atomic mass is 10.1. The number of aliphatic hydroxyl groups is 1. The number of aliphatic hydroxyl groups excluding tert-OH is 1. The molecule has 1 aliphatic rings. The van der Waals surface area contributed by atoms with Crippen molar-refractivity contribution in [3.63, 3.8) is 0 Å².